The van der Waals surface area contributed by atoms with E-state index in [9.17, 15) is 9.59 Å². The molecule has 2 amide bonds. The Bertz CT molecular complexity index is 2130. The maximum Gasteiger partial charge on any atom is 0.416 e. The summed E-state index contributed by atoms with van der Waals surface area (Å²) in [7, 11) is 3.21. The van der Waals surface area contributed by atoms with Gasteiger partial charge < -0.3 is 29.0 Å². The first-order valence-electron chi connectivity index (χ1n) is 17.9. The van der Waals surface area contributed by atoms with Crippen LogP contribution < -0.4 is 34.1 Å². The SMILES string of the molecule is COc1ccc(CN2C(=O)COc3ccc(N4C(=O)O[C@@H]5C[C@H](NCc6cccc(-c7cc(OC)cnn7)c6OCc6ccccc6)CC[C@H]54)nc32)cc1. The van der Waals surface area contributed by atoms with E-state index in [0.717, 1.165) is 34.4 Å². The van der Waals surface area contributed by atoms with E-state index < -0.39 is 6.09 Å². The molecule has 1 saturated heterocycles. The van der Waals surface area contributed by atoms with E-state index in [-0.39, 0.29) is 30.7 Å². The minimum Gasteiger partial charge on any atom is -0.497 e. The zero-order chi connectivity index (χ0) is 37.0. The number of pyridine rings is 1. The molecule has 1 aliphatic carbocycles. The predicted molar refractivity (Wildman–Crippen MR) is 200 cm³/mol. The number of hydrogen-bond donors (Lipinski definition) is 1. The van der Waals surface area contributed by atoms with Gasteiger partial charge in [-0.3, -0.25) is 14.6 Å². The van der Waals surface area contributed by atoms with Crippen LogP contribution in [0.1, 0.15) is 36.0 Å². The fourth-order valence-electron chi connectivity index (χ4n) is 7.26. The number of fused-ring (bicyclic) bond motifs is 2. The molecule has 3 aliphatic rings. The van der Waals surface area contributed by atoms with Crippen molar-refractivity contribution in [3.8, 4) is 34.3 Å². The monoisotopic (exact) mass is 728 g/mol. The molecule has 5 aromatic rings. The number of carbonyl (C=O) groups excluding carboxylic acids is 2. The lowest BCUT2D eigenvalue weighted by Gasteiger charge is -2.34. The number of methoxy groups -OCH3 is 2. The van der Waals surface area contributed by atoms with Crippen molar-refractivity contribution in [3.05, 3.63) is 114 Å². The van der Waals surface area contributed by atoms with Crippen LogP contribution in [0, 0.1) is 0 Å². The number of carbonyl (C=O) groups is 2. The van der Waals surface area contributed by atoms with E-state index >= 15 is 0 Å². The quantitative estimate of drug-likeness (QED) is 0.160. The lowest BCUT2D eigenvalue weighted by atomic mass is 9.88. The Morgan fingerprint density at radius 3 is 2.54 bits per heavy atom. The van der Waals surface area contributed by atoms with Gasteiger partial charge in [0.15, 0.2) is 18.2 Å². The normalized spacial score (nSPS) is 19.0. The van der Waals surface area contributed by atoms with Crippen LogP contribution in [0.4, 0.5) is 16.4 Å². The van der Waals surface area contributed by atoms with Crippen LogP contribution >= 0.6 is 0 Å². The molecular weight excluding hydrogens is 688 g/mol. The van der Waals surface area contributed by atoms with Gasteiger partial charge in [0, 0.05) is 36.2 Å². The second-order valence-corrected chi connectivity index (χ2v) is 13.4. The Morgan fingerprint density at radius 1 is 0.889 bits per heavy atom. The highest BCUT2D eigenvalue weighted by atomic mass is 16.6. The summed E-state index contributed by atoms with van der Waals surface area (Å²) in [5.74, 6) is 3.11. The summed E-state index contributed by atoms with van der Waals surface area (Å²) in [4.78, 5) is 34.5. The number of aromatic nitrogens is 3. The number of nitrogens with one attached hydrogen (secondary N) is 1. The molecule has 54 heavy (non-hydrogen) atoms. The summed E-state index contributed by atoms with van der Waals surface area (Å²) in [6.07, 6.45) is 2.93. The van der Waals surface area contributed by atoms with Crippen LogP contribution in [0.25, 0.3) is 11.3 Å². The van der Waals surface area contributed by atoms with Crippen molar-refractivity contribution in [1.29, 1.82) is 0 Å². The molecule has 0 unspecified atom stereocenters. The van der Waals surface area contributed by atoms with E-state index in [1.165, 1.54) is 0 Å². The van der Waals surface area contributed by atoms with E-state index in [4.69, 9.17) is 28.7 Å². The predicted octanol–water partition coefficient (Wildman–Crippen LogP) is 6.10. The molecule has 8 rings (SSSR count). The number of para-hydroxylation sites is 1. The highest BCUT2D eigenvalue weighted by Crippen LogP contribution is 2.40. The lowest BCUT2D eigenvalue weighted by Crippen LogP contribution is -2.46. The fourth-order valence-corrected chi connectivity index (χ4v) is 7.26. The van der Waals surface area contributed by atoms with Crippen molar-refractivity contribution in [3.63, 3.8) is 0 Å². The summed E-state index contributed by atoms with van der Waals surface area (Å²) in [6.45, 7) is 1.13. The number of nitrogens with zero attached hydrogens (tertiary/aromatic N) is 5. The molecule has 2 aromatic heterocycles. The van der Waals surface area contributed by atoms with Crippen molar-refractivity contribution >= 4 is 23.6 Å². The molecule has 2 fully saturated rings. The molecule has 1 saturated carbocycles. The maximum atomic E-state index is 13.4. The maximum absolute atomic E-state index is 13.4. The van der Waals surface area contributed by atoms with Crippen molar-refractivity contribution in [2.24, 2.45) is 0 Å². The molecule has 3 atom stereocenters. The first kappa shape index (κ1) is 34.9. The standard InChI is InChI=1S/C41H40N6O7/c1-50-30-14-11-26(12-15-30)23-46-38(48)25-52-35-17-18-37(44-40(35)46)47-34-16-13-29(19-36(34)54-41(47)49)42-21-28-9-6-10-32(33-20-31(51-2)22-43-45-33)39(28)53-24-27-7-4-3-5-8-27/h3-12,14-15,17-18,20,22,29,34,36,42H,13,16,19,21,23-25H2,1-2H3/t29-,34-,36-/m1/s1. The third-order valence-electron chi connectivity index (χ3n) is 10.1. The summed E-state index contributed by atoms with van der Waals surface area (Å²) in [5, 5.41) is 12.2. The minimum atomic E-state index is -0.452. The number of benzene rings is 3. The first-order chi connectivity index (χ1) is 26.5. The van der Waals surface area contributed by atoms with Gasteiger partial charge in [0.1, 0.15) is 41.5 Å². The molecule has 3 aromatic carbocycles. The largest absolute Gasteiger partial charge is 0.497 e. The topological polar surface area (TPSA) is 137 Å². The minimum absolute atomic E-state index is 0.0868. The van der Waals surface area contributed by atoms with Gasteiger partial charge in [-0.2, -0.15) is 10.2 Å². The zero-order valence-corrected chi connectivity index (χ0v) is 30.0. The van der Waals surface area contributed by atoms with Gasteiger partial charge in [0.05, 0.1) is 33.0 Å². The average Bonchev–Trinajstić information content (AvgIpc) is 3.55. The molecule has 0 bridgehead atoms. The molecule has 1 N–H and O–H groups in total. The molecule has 13 heteroatoms. The molecule has 13 nitrogen and oxygen atoms in total. The van der Waals surface area contributed by atoms with Gasteiger partial charge in [-0.05, 0) is 54.3 Å². The fraction of sp³-hybridized carbons (Fsp3) is 0.293. The van der Waals surface area contributed by atoms with Crippen molar-refractivity contribution in [1.82, 2.24) is 20.5 Å². The number of amides is 2. The molecule has 276 valence electrons. The zero-order valence-electron chi connectivity index (χ0n) is 30.0. The molecule has 2 aliphatic heterocycles. The van der Waals surface area contributed by atoms with Gasteiger partial charge in [0.25, 0.3) is 5.91 Å². The van der Waals surface area contributed by atoms with E-state index in [1.54, 1.807) is 42.3 Å². The summed E-state index contributed by atoms with van der Waals surface area (Å²) >= 11 is 0. The average molecular weight is 729 g/mol. The van der Waals surface area contributed by atoms with Crippen molar-refractivity contribution in [2.45, 2.75) is 57.1 Å². The lowest BCUT2D eigenvalue weighted by molar-refractivity contribution is -0.121. The van der Waals surface area contributed by atoms with Crippen LogP contribution in [0.5, 0.6) is 23.0 Å². The van der Waals surface area contributed by atoms with Crippen LogP contribution in [-0.4, -0.2) is 66.2 Å². The smallest absolute Gasteiger partial charge is 0.416 e. The summed E-state index contributed by atoms with van der Waals surface area (Å²) in [5.41, 5.74) is 4.38. The van der Waals surface area contributed by atoms with E-state index in [1.807, 2.05) is 78.9 Å². The van der Waals surface area contributed by atoms with Crippen molar-refractivity contribution in [2.75, 3.05) is 30.6 Å². The first-order valence-corrected chi connectivity index (χ1v) is 17.9. The Morgan fingerprint density at radius 2 is 1.72 bits per heavy atom. The van der Waals surface area contributed by atoms with Crippen LogP contribution in [0.15, 0.2) is 97.2 Å². The Balaban J connectivity index is 0.971. The van der Waals surface area contributed by atoms with Gasteiger partial charge in [-0.25, -0.2) is 9.78 Å². The van der Waals surface area contributed by atoms with Crippen LogP contribution in [0.3, 0.4) is 0 Å². The highest BCUT2D eigenvalue weighted by molar-refractivity contribution is 5.97. The molecule has 0 spiro atoms. The van der Waals surface area contributed by atoms with E-state index in [2.05, 4.69) is 15.5 Å². The number of anilines is 2. The molecule has 4 heterocycles. The van der Waals surface area contributed by atoms with E-state index in [0.29, 0.717) is 67.1 Å². The second kappa shape index (κ2) is 15.4. The highest BCUT2D eigenvalue weighted by Gasteiger charge is 2.47. The molecular formula is C41H40N6O7. The Kier molecular flexibility index (Phi) is 9.95. The third-order valence-corrected chi connectivity index (χ3v) is 10.1. The Hall–Kier alpha value is -6.21. The van der Waals surface area contributed by atoms with Crippen LogP contribution in [0.2, 0.25) is 0 Å². The number of ether oxygens (including phenoxy) is 5. The summed E-state index contributed by atoms with van der Waals surface area (Å²) in [6, 6.07) is 28.8. The number of hydrogen-bond acceptors (Lipinski definition) is 11. The van der Waals surface area contributed by atoms with Gasteiger partial charge >= 0.3 is 6.09 Å². The Labute approximate surface area is 312 Å². The second-order valence-electron chi connectivity index (χ2n) is 13.4. The molecule has 0 radical (unpaired) electrons. The van der Waals surface area contributed by atoms with Gasteiger partial charge in [0.2, 0.25) is 0 Å². The third kappa shape index (κ3) is 7.22. The number of rotatable bonds is 12. The van der Waals surface area contributed by atoms with Gasteiger partial charge in [-0.15, -0.1) is 0 Å². The van der Waals surface area contributed by atoms with Gasteiger partial charge in [-0.1, -0.05) is 54.6 Å². The van der Waals surface area contributed by atoms with Crippen LogP contribution in [-0.2, 0) is 29.2 Å². The van der Waals surface area contributed by atoms with Crippen molar-refractivity contribution < 1.29 is 33.3 Å². The summed E-state index contributed by atoms with van der Waals surface area (Å²) < 4.78 is 28.9.